The third-order valence-electron chi connectivity index (χ3n) is 1.99. The van der Waals surface area contributed by atoms with Crippen LogP contribution in [0.5, 0.6) is 0 Å². The Morgan fingerprint density at radius 1 is 1.29 bits per heavy atom. The molecule has 1 N–H and O–H groups in total. The number of ether oxygens (including phenoxy) is 1. The van der Waals surface area contributed by atoms with Gasteiger partial charge in [-0.05, 0) is 45.0 Å². The molecule has 1 aromatic carbocycles. The Balaban J connectivity index is 2.35. The molecule has 1 aromatic rings. The standard InChI is InChI=1S/C13H18O3S/c1-13(2,3)16-8-9-17-11-6-4-10(5-7-11)12(14)15/h4-7H,8-9H2,1-3H3,(H,14,15). The minimum atomic E-state index is -0.891. The van der Waals surface area contributed by atoms with E-state index < -0.39 is 5.97 Å². The van der Waals surface area contributed by atoms with Gasteiger partial charge in [0.15, 0.2) is 0 Å². The van der Waals surface area contributed by atoms with Gasteiger partial charge in [0.1, 0.15) is 0 Å². The van der Waals surface area contributed by atoms with Crippen molar-refractivity contribution in [3.63, 3.8) is 0 Å². The van der Waals surface area contributed by atoms with E-state index in [0.29, 0.717) is 12.2 Å². The minimum Gasteiger partial charge on any atom is -0.478 e. The van der Waals surface area contributed by atoms with Crippen molar-refractivity contribution in [2.45, 2.75) is 31.3 Å². The van der Waals surface area contributed by atoms with Crippen LogP contribution in [0.2, 0.25) is 0 Å². The molecule has 0 heterocycles. The average Bonchev–Trinajstić information content (AvgIpc) is 2.24. The van der Waals surface area contributed by atoms with Crippen molar-refractivity contribution >= 4 is 17.7 Å². The number of hydrogen-bond donors (Lipinski definition) is 1. The van der Waals surface area contributed by atoms with Crippen LogP contribution in [0.3, 0.4) is 0 Å². The molecular weight excluding hydrogens is 236 g/mol. The highest BCUT2D eigenvalue weighted by Crippen LogP contribution is 2.19. The summed E-state index contributed by atoms with van der Waals surface area (Å²) in [7, 11) is 0. The van der Waals surface area contributed by atoms with Crippen molar-refractivity contribution < 1.29 is 14.6 Å². The van der Waals surface area contributed by atoms with Crippen molar-refractivity contribution in [2.24, 2.45) is 0 Å². The van der Waals surface area contributed by atoms with Gasteiger partial charge in [-0.15, -0.1) is 11.8 Å². The van der Waals surface area contributed by atoms with Crippen LogP contribution < -0.4 is 0 Å². The summed E-state index contributed by atoms with van der Waals surface area (Å²) in [6.45, 7) is 6.77. The summed E-state index contributed by atoms with van der Waals surface area (Å²) in [6.07, 6.45) is 0. The first-order valence-corrected chi connectivity index (χ1v) is 6.47. The highest BCUT2D eigenvalue weighted by Gasteiger charge is 2.09. The quantitative estimate of drug-likeness (QED) is 0.647. The molecule has 0 unspecified atom stereocenters. The van der Waals surface area contributed by atoms with E-state index in [0.717, 1.165) is 10.6 Å². The lowest BCUT2D eigenvalue weighted by Crippen LogP contribution is -2.20. The Hall–Kier alpha value is -1.00. The second-order valence-electron chi connectivity index (χ2n) is 4.64. The molecular formula is C13H18O3S. The largest absolute Gasteiger partial charge is 0.478 e. The Kier molecular flexibility index (Phi) is 5.02. The number of rotatable bonds is 5. The highest BCUT2D eigenvalue weighted by atomic mass is 32.2. The highest BCUT2D eigenvalue weighted by molar-refractivity contribution is 7.99. The number of thioether (sulfide) groups is 1. The molecule has 0 aliphatic heterocycles. The maximum absolute atomic E-state index is 10.7. The predicted octanol–water partition coefficient (Wildman–Crippen LogP) is 3.29. The van der Waals surface area contributed by atoms with Crippen molar-refractivity contribution in [1.82, 2.24) is 0 Å². The Bertz CT molecular complexity index is 365. The van der Waals surface area contributed by atoms with E-state index in [4.69, 9.17) is 9.84 Å². The molecule has 0 amide bonds. The van der Waals surface area contributed by atoms with Gasteiger partial charge in [0.25, 0.3) is 0 Å². The summed E-state index contributed by atoms with van der Waals surface area (Å²) in [5, 5.41) is 8.75. The Morgan fingerprint density at radius 3 is 2.35 bits per heavy atom. The fourth-order valence-corrected chi connectivity index (χ4v) is 1.93. The third kappa shape index (κ3) is 5.75. The molecule has 0 aliphatic rings. The van der Waals surface area contributed by atoms with Crippen LogP contribution in [-0.4, -0.2) is 29.0 Å². The lowest BCUT2D eigenvalue weighted by atomic mass is 10.2. The van der Waals surface area contributed by atoms with E-state index in [1.54, 1.807) is 23.9 Å². The summed E-state index contributed by atoms with van der Waals surface area (Å²) in [5.74, 6) is -0.0263. The average molecular weight is 254 g/mol. The molecule has 1 rings (SSSR count). The van der Waals surface area contributed by atoms with E-state index in [1.165, 1.54) is 0 Å². The zero-order valence-electron chi connectivity index (χ0n) is 10.4. The van der Waals surface area contributed by atoms with Crippen molar-refractivity contribution in [3.05, 3.63) is 29.8 Å². The van der Waals surface area contributed by atoms with Gasteiger partial charge in [0.05, 0.1) is 17.8 Å². The maximum atomic E-state index is 10.7. The van der Waals surface area contributed by atoms with E-state index in [9.17, 15) is 4.79 Å². The van der Waals surface area contributed by atoms with Crippen LogP contribution >= 0.6 is 11.8 Å². The van der Waals surface area contributed by atoms with Gasteiger partial charge < -0.3 is 9.84 Å². The van der Waals surface area contributed by atoms with Crippen LogP contribution in [0.15, 0.2) is 29.2 Å². The molecule has 17 heavy (non-hydrogen) atoms. The van der Waals surface area contributed by atoms with Crippen LogP contribution in [0.1, 0.15) is 31.1 Å². The molecule has 94 valence electrons. The molecule has 0 saturated heterocycles. The molecule has 0 fully saturated rings. The molecule has 0 aliphatic carbocycles. The summed E-state index contributed by atoms with van der Waals surface area (Å²) in [5.41, 5.74) is 0.216. The third-order valence-corrected chi connectivity index (χ3v) is 2.96. The van der Waals surface area contributed by atoms with E-state index in [1.807, 2.05) is 32.9 Å². The first-order chi connectivity index (χ1) is 7.88. The van der Waals surface area contributed by atoms with Gasteiger partial charge in [-0.25, -0.2) is 4.79 Å². The lowest BCUT2D eigenvalue weighted by Gasteiger charge is -2.19. The van der Waals surface area contributed by atoms with E-state index in [2.05, 4.69) is 0 Å². The lowest BCUT2D eigenvalue weighted by molar-refractivity contribution is 0.00694. The van der Waals surface area contributed by atoms with Gasteiger partial charge in [-0.3, -0.25) is 0 Å². The second kappa shape index (κ2) is 6.07. The molecule has 0 aromatic heterocycles. The maximum Gasteiger partial charge on any atom is 0.335 e. The van der Waals surface area contributed by atoms with Crippen molar-refractivity contribution in [3.8, 4) is 0 Å². The molecule has 0 atom stereocenters. The van der Waals surface area contributed by atoms with Crippen molar-refractivity contribution in [1.29, 1.82) is 0 Å². The van der Waals surface area contributed by atoms with Gasteiger partial charge in [-0.1, -0.05) is 0 Å². The fourth-order valence-electron chi connectivity index (χ4n) is 1.20. The van der Waals surface area contributed by atoms with Crippen molar-refractivity contribution in [2.75, 3.05) is 12.4 Å². The first kappa shape index (κ1) is 14.1. The second-order valence-corrected chi connectivity index (χ2v) is 5.81. The molecule has 0 saturated carbocycles. The number of carboxylic acid groups (broad SMARTS) is 1. The zero-order chi connectivity index (χ0) is 12.9. The topological polar surface area (TPSA) is 46.5 Å². The first-order valence-electron chi connectivity index (χ1n) is 5.48. The number of aromatic carboxylic acids is 1. The minimum absolute atomic E-state index is 0.103. The number of carboxylic acids is 1. The summed E-state index contributed by atoms with van der Waals surface area (Å²) >= 11 is 1.66. The SMILES string of the molecule is CC(C)(C)OCCSc1ccc(C(=O)O)cc1. The van der Waals surface area contributed by atoms with Gasteiger partial charge in [-0.2, -0.15) is 0 Å². The van der Waals surface area contributed by atoms with Gasteiger partial charge in [0, 0.05) is 10.6 Å². The van der Waals surface area contributed by atoms with Crippen LogP contribution in [0.4, 0.5) is 0 Å². The molecule has 0 radical (unpaired) electrons. The summed E-state index contributed by atoms with van der Waals surface area (Å²) in [4.78, 5) is 11.7. The van der Waals surface area contributed by atoms with Crippen LogP contribution in [-0.2, 0) is 4.74 Å². The predicted molar refractivity (Wildman–Crippen MR) is 69.8 cm³/mol. The molecule has 4 heteroatoms. The van der Waals surface area contributed by atoms with Crippen LogP contribution in [0, 0.1) is 0 Å². The molecule has 3 nitrogen and oxygen atoms in total. The smallest absolute Gasteiger partial charge is 0.335 e. The monoisotopic (exact) mass is 254 g/mol. The van der Waals surface area contributed by atoms with E-state index >= 15 is 0 Å². The Labute approximate surface area is 106 Å². The zero-order valence-corrected chi connectivity index (χ0v) is 11.2. The van der Waals surface area contributed by atoms with Crippen LogP contribution in [0.25, 0.3) is 0 Å². The summed E-state index contributed by atoms with van der Waals surface area (Å²) in [6, 6.07) is 6.89. The number of benzene rings is 1. The fraction of sp³-hybridized carbons (Fsp3) is 0.462. The summed E-state index contributed by atoms with van der Waals surface area (Å²) < 4.78 is 5.60. The molecule has 0 spiro atoms. The number of carbonyl (C=O) groups is 1. The number of hydrogen-bond acceptors (Lipinski definition) is 3. The molecule has 0 bridgehead atoms. The van der Waals surface area contributed by atoms with Gasteiger partial charge >= 0.3 is 5.97 Å². The Morgan fingerprint density at radius 2 is 1.88 bits per heavy atom. The van der Waals surface area contributed by atoms with Gasteiger partial charge in [0.2, 0.25) is 0 Å². The normalized spacial score (nSPS) is 11.5. The van der Waals surface area contributed by atoms with E-state index in [-0.39, 0.29) is 5.60 Å².